The smallest absolute Gasteiger partial charge is 0.311 e. The first-order valence-electron chi connectivity index (χ1n) is 6.29. The Hall–Kier alpha value is -1.88. The topological polar surface area (TPSA) is 61.1 Å². The first kappa shape index (κ1) is 14.5. The SMILES string of the molecule is Cc1ccc(C)c(CS(=O)(=O)c2c(C)ccc[n+]2[O-])c1. The molecule has 106 valence electrons. The lowest BCUT2D eigenvalue weighted by Gasteiger charge is -2.10. The van der Waals surface area contributed by atoms with Crippen LogP contribution in [0.25, 0.3) is 0 Å². The van der Waals surface area contributed by atoms with Crippen LogP contribution in [0.2, 0.25) is 0 Å². The summed E-state index contributed by atoms with van der Waals surface area (Å²) < 4.78 is 25.4. The Kier molecular flexibility index (Phi) is 3.81. The van der Waals surface area contributed by atoms with Crippen molar-refractivity contribution in [2.75, 3.05) is 0 Å². The van der Waals surface area contributed by atoms with Gasteiger partial charge in [0.05, 0.1) is 5.75 Å². The molecule has 5 heteroatoms. The monoisotopic (exact) mass is 291 g/mol. The molecule has 0 atom stereocenters. The van der Waals surface area contributed by atoms with Crippen molar-refractivity contribution >= 4 is 9.84 Å². The maximum Gasteiger partial charge on any atom is 0.311 e. The van der Waals surface area contributed by atoms with Gasteiger partial charge in [-0.1, -0.05) is 23.8 Å². The third-order valence-corrected chi connectivity index (χ3v) is 5.03. The first-order valence-corrected chi connectivity index (χ1v) is 7.94. The van der Waals surface area contributed by atoms with Crippen LogP contribution >= 0.6 is 0 Å². The van der Waals surface area contributed by atoms with E-state index in [1.54, 1.807) is 19.1 Å². The minimum absolute atomic E-state index is 0.159. The molecule has 0 bridgehead atoms. The van der Waals surface area contributed by atoms with Gasteiger partial charge in [0.1, 0.15) is 0 Å². The summed E-state index contributed by atoms with van der Waals surface area (Å²) in [5, 5.41) is 11.6. The highest BCUT2D eigenvalue weighted by molar-refractivity contribution is 7.90. The Morgan fingerprint density at radius 3 is 2.45 bits per heavy atom. The molecule has 0 radical (unpaired) electrons. The number of nitrogens with zero attached hydrogens (tertiary/aromatic N) is 1. The third-order valence-electron chi connectivity index (χ3n) is 3.25. The number of hydrogen-bond donors (Lipinski definition) is 0. The van der Waals surface area contributed by atoms with Crippen molar-refractivity contribution in [3.05, 3.63) is 64.0 Å². The molecule has 0 amide bonds. The van der Waals surface area contributed by atoms with Crippen molar-refractivity contribution < 1.29 is 13.1 Å². The van der Waals surface area contributed by atoms with Gasteiger partial charge in [-0.2, -0.15) is 4.73 Å². The molecule has 0 saturated heterocycles. The molecule has 20 heavy (non-hydrogen) atoms. The lowest BCUT2D eigenvalue weighted by Crippen LogP contribution is -2.35. The van der Waals surface area contributed by atoms with Crippen LogP contribution in [0, 0.1) is 26.0 Å². The van der Waals surface area contributed by atoms with Crippen LogP contribution in [0.1, 0.15) is 22.3 Å². The summed E-state index contributed by atoms with van der Waals surface area (Å²) in [6, 6.07) is 8.85. The van der Waals surface area contributed by atoms with Crippen LogP contribution in [0.3, 0.4) is 0 Å². The van der Waals surface area contributed by atoms with E-state index in [4.69, 9.17) is 0 Å². The lowest BCUT2D eigenvalue weighted by atomic mass is 10.1. The zero-order valence-corrected chi connectivity index (χ0v) is 12.6. The fourth-order valence-electron chi connectivity index (χ4n) is 2.19. The zero-order valence-electron chi connectivity index (χ0n) is 11.8. The number of rotatable bonds is 3. The van der Waals surface area contributed by atoms with Crippen LogP contribution < -0.4 is 4.73 Å². The highest BCUT2D eigenvalue weighted by atomic mass is 32.2. The third kappa shape index (κ3) is 2.82. The van der Waals surface area contributed by atoms with E-state index in [9.17, 15) is 13.6 Å². The van der Waals surface area contributed by atoms with Crippen molar-refractivity contribution in [1.29, 1.82) is 0 Å². The van der Waals surface area contributed by atoms with Gasteiger partial charge in [-0.05, 0) is 38.0 Å². The zero-order chi connectivity index (χ0) is 14.9. The second-order valence-corrected chi connectivity index (χ2v) is 6.92. The van der Waals surface area contributed by atoms with Gasteiger partial charge >= 0.3 is 5.03 Å². The van der Waals surface area contributed by atoms with E-state index >= 15 is 0 Å². The molecule has 4 nitrogen and oxygen atoms in total. The minimum Gasteiger partial charge on any atom is -0.618 e. The van der Waals surface area contributed by atoms with Crippen LogP contribution in [0.4, 0.5) is 0 Å². The molecule has 0 aliphatic rings. The number of hydrogen-bond acceptors (Lipinski definition) is 3. The maximum absolute atomic E-state index is 12.5. The largest absolute Gasteiger partial charge is 0.618 e. The number of benzene rings is 1. The normalized spacial score (nSPS) is 11.6. The van der Waals surface area contributed by atoms with Gasteiger partial charge in [0.25, 0.3) is 0 Å². The van der Waals surface area contributed by atoms with E-state index in [1.807, 2.05) is 32.0 Å². The summed E-state index contributed by atoms with van der Waals surface area (Å²) in [5.41, 5.74) is 3.10. The minimum atomic E-state index is -3.66. The van der Waals surface area contributed by atoms with Crippen LogP contribution in [0.5, 0.6) is 0 Å². The van der Waals surface area contributed by atoms with Gasteiger partial charge in [-0.3, -0.25) is 0 Å². The van der Waals surface area contributed by atoms with Gasteiger partial charge in [0.2, 0.25) is 9.84 Å². The average Bonchev–Trinajstić information content (AvgIpc) is 2.33. The molecule has 0 fully saturated rings. The molecule has 0 unspecified atom stereocenters. The second kappa shape index (κ2) is 5.25. The molecule has 1 aromatic heterocycles. The van der Waals surface area contributed by atoms with E-state index in [0.29, 0.717) is 10.3 Å². The predicted octanol–water partition coefficient (Wildman–Crippen LogP) is 2.22. The van der Waals surface area contributed by atoms with Gasteiger partial charge in [-0.25, -0.2) is 8.42 Å². The molecule has 0 spiro atoms. The summed E-state index contributed by atoms with van der Waals surface area (Å²) >= 11 is 0. The molecule has 2 aromatic rings. The van der Waals surface area contributed by atoms with E-state index in [2.05, 4.69) is 0 Å². The van der Waals surface area contributed by atoms with Crippen LogP contribution in [-0.4, -0.2) is 8.42 Å². The fraction of sp³-hybridized carbons (Fsp3) is 0.267. The van der Waals surface area contributed by atoms with Crippen LogP contribution in [0.15, 0.2) is 41.6 Å². The second-order valence-electron chi connectivity index (χ2n) is 5.01. The number of aromatic nitrogens is 1. The van der Waals surface area contributed by atoms with Crippen molar-refractivity contribution in [3.63, 3.8) is 0 Å². The van der Waals surface area contributed by atoms with Crippen molar-refractivity contribution in [1.82, 2.24) is 0 Å². The average molecular weight is 291 g/mol. The van der Waals surface area contributed by atoms with Gasteiger partial charge in [-0.15, -0.1) is 0 Å². The molecule has 0 aliphatic heterocycles. The molecule has 1 aromatic carbocycles. The van der Waals surface area contributed by atoms with Gasteiger partial charge in [0, 0.05) is 11.6 Å². The number of pyridine rings is 1. The number of sulfone groups is 1. The molecule has 0 saturated carbocycles. The first-order chi connectivity index (χ1) is 9.31. The highest BCUT2D eigenvalue weighted by Crippen LogP contribution is 2.19. The Bertz CT molecular complexity index is 731. The van der Waals surface area contributed by atoms with Crippen molar-refractivity contribution in [2.24, 2.45) is 0 Å². The highest BCUT2D eigenvalue weighted by Gasteiger charge is 2.27. The molecule has 2 rings (SSSR count). The Morgan fingerprint density at radius 1 is 1.10 bits per heavy atom. The van der Waals surface area contributed by atoms with Gasteiger partial charge in [0.15, 0.2) is 6.20 Å². The molecule has 0 aliphatic carbocycles. The molecular formula is C15H17NO3S. The van der Waals surface area contributed by atoms with E-state index < -0.39 is 9.84 Å². The molecule has 1 heterocycles. The summed E-state index contributed by atoms with van der Waals surface area (Å²) in [6.07, 6.45) is 1.21. The summed E-state index contributed by atoms with van der Waals surface area (Å²) in [5.74, 6) is -0.159. The summed E-state index contributed by atoms with van der Waals surface area (Å²) in [6.45, 7) is 5.41. The summed E-state index contributed by atoms with van der Waals surface area (Å²) in [7, 11) is -3.66. The summed E-state index contributed by atoms with van der Waals surface area (Å²) in [4.78, 5) is 0. The van der Waals surface area contributed by atoms with Crippen LogP contribution in [-0.2, 0) is 15.6 Å². The predicted molar refractivity (Wildman–Crippen MR) is 76.9 cm³/mol. The van der Waals surface area contributed by atoms with Gasteiger partial charge < -0.3 is 5.21 Å². The van der Waals surface area contributed by atoms with Crippen molar-refractivity contribution in [3.8, 4) is 0 Å². The standard InChI is InChI=1S/C15H17NO3S/c1-11-6-7-12(2)14(9-11)10-20(18,19)15-13(3)5-4-8-16(15)17/h4-9H,10H2,1-3H3. The van der Waals surface area contributed by atoms with E-state index in [-0.39, 0.29) is 10.8 Å². The van der Waals surface area contributed by atoms with E-state index in [0.717, 1.165) is 16.7 Å². The Labute approximate surface area is 119 Å². The molecular weight excluding hydrogens is 274 g/mol. The van der Waals surface area contributed by atoms with E-state index in [1.165, 1.54) is 6.20 Å². The number of aryl methyl sites for hydroxylation is 3. The fourth-order valence-corrected chi connectivity index (χ4v) is 3.94. The quantitative estimate of drug-likeness (QED) is 0.643. The van der Waals surface area contributed by atoms with Crippen molar-refractivity contribution in [2.45, 2.75) is 31.6 Å². The Morgan fingerprint density at radius 2 is 1.80 bits per heavy atom. The maximum atomic E-state index is 12.5. The molecule has 0 N–H and O–H groups in total. The lowest BCUT2D eigenvalue weighted by molar-refractivity contribution is -0.647. The Balaban J connectivity index is 2.49.